The van der Waals surface area contributed by atoms with Crippen LogP contribution in [0.1, 0.15) is 16.8 Å². The molecule has 0 atom stereocenters. The molecule has 0 saturated heterocycles. The molecule has 0 aliphatic rings. The van der Waals surface area contributed by atoms with E-state index in [2.05, 4.69) is 23.4 Å². The summed E-state index contributed by atoms with van der Waals surface area (Å²) in [5.74, 6) is 0. The summed E-state index contributed by atoms with van der Waals surface area (Å²) < 4.78 is 1.88. The van der Waals surface area contributed by atoms with Crippen LogP contribution in [0.4, 0.5) is 5.69 Å². The summed E-state index contributed by atoms with van der Waals surface area (Å²) in [6.07, 6.45) is 2.71. The van der Waals surface area contributed by atoms with E-state index in [9.17, 15) is 0 Å². The fourth-order valence-electron chi connectivity index (χ4n) is 1.99. The monoisotopic (exact) mass is 274 g/mol. The number of hydrogen-bond donors (Lipinski definition) is 2. The van der Waals surface area contributed by atoms with Gasteiger partial charge in [0.1, 0.15) is 4.99 Å². The van der Waals surface area contributed by atoms with Crippen LogP contribution in [0.2, 0.25) is 0 Å². The van der Waals surface area contributed by atoms with Crippen molar-refractivity contribution in [2.45, 2.75) is 13.3 Å². The van der Waals surface area contributed by atoms with E-state index in [1.807, 2.05) is 36.1 Å². The Morgan fingerprint density at radius 3 is 2.84 bits per heavy atom. The van der Waals surface area contributed by atoms with Crippen molar-refractivity contribution in [2.75, 3.05) is 11.9 Å². The van der Waals surface area contributed by atoms with Gasteiger partial charge in [-0.05, 0) is 30.7 Å². The maximum absolute atomic E-state index is 5.73. The Balaban J connectivity index is 2.05. The summed E-state index contributed by atoms with van der Waals surface area (Å²) in [5.41, 5.74) is 10.00. The van der Waals surface area contributed by atoms with E-state index < -0.39 is 0 Å². The number of nitrogens with two attached hydrogens (primary N) is 1. The highest BCUT2D eigenvalue weighted by molar-refractivity contribution is 7.80. The maximum atomic E-state index is 5.73. The van der Waals surface area contributed by atoms with E-state index in [1.165, 1.54) is 11.3 Å². The molecular formula is C14H18N4S. The van der Waals surface area contributed by atoms with Crippen molar-refractivity contribution in [1.82, 2.24) is 9.78 Å². The average Bonchev–Trinajstić information content (AvgIpc) is 2.75. The lowest BCUT2D eigenvalue weighted by Gasteiger charge is -2.12. The predicted octanol–water partition coefficient (Wildman–Crippen LogP) is 2.02. The van der Waals surface area contributed by atoms with Crippen LogP contribution < -0.4 is 11.1 Å². The van der Waals surface area contributed by atoms with Crippen LogP contribution >= 0.6 is 12.2 Å². The molecule has 1 heterocycles. The second kappa shape index (κ2) is 5.84. The molecule has 2 aromatic rings. The largest absolute Gasteiger partial charge is 0.389 e. The van der Waals surface area contributed by atoms with E-state index in [4.69, 9.17) is 18.0 Å². The van der Waals surface area contributed by atoms with Gasteiger partial charge in [-0.1, -0.05) is 18.3 Å². The Morgan fingerprint density at radius 2 is 2.21 bits per heavy atom. The molecule has 0 unspecified atom stereocenters. The van der Waals surface area contributed by atoms with Crippen LogP contribution in [0.5, 0.6) is 0 Å². The summed E-state index contributed by atoms with van der Waals surface area (Å²) in [6.45, 7) is 2.87. The van der Waals surface area contributed by atoms with Crippen LogP contribution in [0, 0.1) is 6.92 Å². The average molecular weight is 274 g/mol. The number of benzene rings is 1. The fraction of sp³-hybridized carbons (Fsp3) is 0.286. The van der Waals surface area contributed by atoms with Crippen LogP contribution in [-0.4, -0.2) is 21.3 Å². The van der Waals surface area contributed by atoms with Crippen molar-refractivity contribution in [2.24, 2.45) is 12.8 Å². The third-order valence-corrected chi connectivity index (χ3v) is 3.28. The minimum atomic E-state index is 0.419. The third-order valence-electron chi connectivity index (χ3n) is 3.06. The molecule has 0 saturated carbocycles. The Kier molecular flexibility index (Phi) is 4.16. The van der Waals surface area contributed by atoms with Crippen LogP contribution in [0.3, 0.4) is 0 Å². The summed E-state index contributed by atoms with van der Waals surface area (Å²) in [4.78, 5) is 0.419. The van der Waals surface area contributed by atoms with E-state index in [0.29, 0.717) is 4.99 Å². The van der Waals surface area contributed by atoms with Gasteiger partial charge < -0.3 is 11.1 Å². The van der Waals surface area contributed by atoms with Crippen molar-refractivity contribution in [3.05, 3.63) is 47.3 Å². The highest BCUT2D eigenvalue weighted by Gasteiger charge is 2.05. The van der Waals surface area contributed by atoms with Gasteiger partial charge in [0, 0.05) is 43.2 Å². The van der Waals surface area contributed by atoms with Gasteiger partial charge in [0.2, 0.25) is 0 Å². The number of aromatic nitrogens is 2. The van der Waals surface area contributed by atoms with Crippen molar-refractivity contribution in [1.29, 1.82) is 0 Å². The predicted molar refractivity (Wildman–Crippen MR) is 82.5 cm³/mol. The van der Waals surface area contributed by atoms with Gasteiger partial charge in [-0.25, -0.2) is 0 Å². The van der Waals surface area contributed by atoms with Gasteiger partial charge in [-0.2, -0.15) is 5.10 Å². The molecule has 1 aromatic heterocycles. The highest BCUT2D eigenvalue weighted by atomic mass is 32.1. The second-order valence-electron chi connectivity index (χ2n) is 4.54. The topological polar surface area (TPSA) is 55.9 Å². The molecule has 4 nitrogen and oxygen atoms in total. The molecule has 0 fully saturated rings. The molecule has 0 bridgehead atoms. The number of thiocarbonyl (C=S) groups is 1. The minimum Gasteiger partial charge on any atom is -0.389 e. The van der Waals surface area contributed by atoms with E-state index in [1.54, 1.807) is 0 Å². The van der Waals surface area contributed by atoms with Crippen molar-refractivity contribution < 1.29 is 0 Å². The Labute approximate surface area is 118 Å². The standard InChI is InChI=1S/C14H18N4S/c1-10-3-4-12(14(15)19)13(9-10)16-7-5-11-6-8-17-18(11)2/h3-4,6,8-9,16H,5,7H2,1-2H3,(H2,15,19). The molecule has 2 rings (SSSR count). The Morgan fingerprint density at radius 1 is 1.42 bits per heavy atom. The lowest BCUT2D eigenvalue weighted by molar-refractivity contribution is 0.711. The zero-order chi connectivity index (χ0) is 13.8. The smallest absolute Gasteiger partial charge is 0.106 e. The molecule has 1 aromatic carbocycles. The normalized spacial score (nSPS) is 10.4. The number of rotatable bonds is 5. The molecule has 0 aliphatic carbocycles. The Hall–Kier alpha value is -1.88. The quantitative estimate of drug-likeness (QED) is 0.819. The summed E-state index contributed by atoms with van der Waals surface area (Å²) >= 11 is 5.07. The molecule has 0 radical (unpaired) electrons. The molecule has 0 amide bonds. The van der Waals surface area contributed by atoms with Gasteiger partial charge in [-0.15, -0.1) is 0 Å². The SMILES string of the molecule is Cc1ccc(C(N)=S)c(NCCc2ccnn2C)c1. The number of aryl methyl sites for hydroxylation is 2. The molecular weight excluding hydrogens is 256 g/mol. The van der Waals surface area contributed by atoms with E-state index in [0.717, 1.165) is 24.2 Å². The molecule has 0 spiro atoms. The summed E-state index contributed by atoms with van der Waals surface area (Å²) in [5, 5.41) is 7.54. The first-order chi connectivity index (χ1) is 9.08. The van der Waals surface area contributed by atoms with E-state index in [-0.39, 0.29) is 0 Å². The first-order valence-corrected chi connectivity index (χ1v) is 6.60. The highest BCUT2D eigenvalue weighted by Crippen LogP contribution is 2.17. The molecule has 19 heavy (non-hydrogen) atoms. The van der Waals surface area contributed by atoms with Gasteiger partial charge in [-0.3, -0.25) is 4.68 Å². The van der Waals surface area contributed by atoms with Crippen molar-refractivity contribution in [3.63, 3.8) is 0 Å². The third kappa shape index (κ3) is 3.32. The zero-order valence-corrected chi connectivity index (χ0v) is 12.0. The minimum absolute atomic E-state index is 0.419. The van der Waals surface area contributed by atoms with Crippen LogP contribution in [-0.2, 0) is 13.5 Å². The van der Waals surface area contributed by atoms with E-state index >= 15 is 0 Å². The lowest BCUT2D eigenvalue weighted by atomic mass is 10.1. The van der Waals surface area contributed by atoms with Gasteiger partial charge in [0.25, 0.3) is 0 Å². The zero-order valence-electron chi connectivity index (χ0n) is 11.2. The molecule has 0 aliphatic heterocycles. The molecule has 3 N–H and O–H groups in total. The van der Waals surface area contributed by atoms with Gasteiger partial charge in [0.05, 0.1) is 0 Å². The number of hydrogen-bond acceptors (Lipinski definition) is 3. The van der Waals surface area contributed by atoms with Gasteiger partial charge in [0.15, 0.2) is 0 Å². The summed E-state index contributed by atoms with van der Waals surface area (Å²) in [6, 6.07) is 8.06. The first-order valence-electron chi connectivity index (χ1n) is 6.19. The van der Waals surface area contributed by atoms with Crippen LogP contribution in [0.15, 0.2) is 30.5 Å². The fourth-order valence-corrected chi connectivity index (χ4v) is 2.17. The lowest BCUT2D eigenvalue weighted by Crippen LogP contribution is -2.15. The number of nitrogens with one attached hydrogen (secondary N) is 1. The van der Waals surface area contributed by atoms with Gasteiger partial charge >= 0.3 is 0 Å². The molecule has 100 valence electrons. The van der Waals surface area contributed by atoms with Crippen molar-refractivity contribution >= 4 is 22.9 Å². The first kappa shape index (κ1) is 13.5. The molecule has 5 heteroatoms. The number of nitrogens with zero attached hydrogens (tertiary/aromatic N) is 2. The van der Waals surface area contributed by atoms with Crippen LogP contribution in [0.25, 0.3) is 0 Å². The maximum Gasteiger partial charge on any atom is 0.106 e. The Bertz CT molecular complexity index is 589. The number of anilines is 1. The summed E-state index contributed by atoms with van der Waals surface area (Å²) in [7, 11) is 1.95. The van der Waals surface area contributed by atoms with Crippen molar-refractivity contribution in [3.8, 4) is 0 Å². The second-order valence-corrected chi connectivity index (χ2v) is 4.98.